The summed E-state index contributed by atoms with van der Waals surface area (Å²) in [5.74, 6) is -0.745. The molecule has 0 amide bonds. The summed E-state index contributed by atoms with van der Waals surface area (Å²) in [6.07, 6.45) is 1.37. The third-order valence-electron chi connectivity index (χ3n) is 3.21. The van der Waals surface area contributed by atoms with E-state index in [2.05, 4.69) is 0 Å². The van der Waals surface area contributed by atoms with E-state index in [-0.39, 0.29) is 12.2 Å². The number of hydrogen-bond donors (Lipinski definition) is 2. The van der Waals surface area contributed by atoms with Crippen molar-refractivity contribution in [1.82, 2.24) is 0 Å². The summed E-state index contributed by atoms with van der Waals surface area (Å²) in [7, 11) is 1.52. The molecule has 86 valence electrons. The van der Waals surface area contributed by atoms with Crippen molar-refractivity contribution in [2.45, 2.75) is 24.9 Å². The predicted octanol–water partition coefficient (Wildman–Crippen LogP) is 1.65. The summed E-state index contributed by atoms with van der Waals surface area (Å²) in [6.45, 7) is 0. The van der Waals surface area contributed by atoms with Gasteiger partial charge in [-0.25, -0.2) is 0 Å². The van der Waals surface area contributed by atoms with Gasteiger partial charge in [0.25, 0.3) is 0 Å². The molecular weight excluding hydrogens is 208 g/mol. The van der Waals surface area contributed by atoms with Crippen LogP contribution >= 0.6 is 0 Å². The fourth-order valence-corrected chi connectivity index (χ4v) is 2.39. The molecule has 0 saturated carbocycles. The molecule has 1 aliphatic carbocycles. The van der Waals surface area contributed by atoms with Gasteiger partial charge in [0.05, 0.1) is 6.42 Å². The van der Waals surface area contributed by atoms with E-state index in [1.807, 2.05) is 6.07 Å². The molecule has 0 aromatic heterocycles. The zero-order chi connectivity index (χ0) is 11.8. The van der Waals surface area contributed by atoms with E-state index in [1.165, 1.54) is 7.11 Å². The van der Waals surface area contributed by atoms with Crippen molar-refractivity contribution in [3.05, 3.63) is 29.3 Å². The molecule has 0 bridgehead atoms. The summed E-state index contributed by atoms with van der Waals surface area (Å²) in [4.78, 5) is 10.9. The Hall–Kier alpha value is -1.55. The normalized spacial score (nSPS) is 23.1. The van der Waals surface area contributed by atoms with Gasteiger partial charge in [-0.3, -0.25) is 4.79 Å². The Labute approximate surface area is 93.5 Å². The van der Waals surface area contributed by atoms with E-state index >= 15 is 0 Å². The molecule has 4 heteroatoms. The zero-order valence-electron chi connectivity index (χ0n) is 9.06. The second-order valence-corrected chi connectivity index (χ2v) is 4.11. The van der Waals surface area contributed by atoms with E-state index in [0.717, 1.165) is 17.5 Å². The number of rotatable bonds is 3. The third-order valence-corrected chi connectivity index (χ3v) is 3.21. The number of ether oxygens (including phenoxy) is 1. The molecule has 0 fully saturated rings. The van der Waals surface area contributed by atoms with Crippen LogP contribution in [-0.4, -0.2) is 23.3 Å². The van der Waals surface area contributed by atoms with Crippen molar-refractivity contribution in [1.29, 1.82) is 0 Å². The number of phenolic OH excluding ortho intramolecular Hbond substituents is 1. The van der Waals surface area contributed by atoms with Crippen molar-refractivity contribution in [3.8, 4) is 5.75 Å². The molecular formula is C12H14O4. The van der Waals surface area contributed by atoms with Crippen LogP contribution < -0.4 is 0 Å². The van der Waals surface area contributed by atoms with Crippen LogP contribution in [0.25, 0.3) is 0 Å². The Bertz CT molecular complexity index is 427. The van der Waals surface area contributed by atoms with Gasteiger partial charge in [0.1, 0.15) is 11.4 Å². The lowest BCUT2D eigenvalue weighted by Gasteiger charge is -2.27. The Morgan fingerprint density at radius 1 is 1.56 bits per heavy atom. The lowest BCUT2D eigenvalue weighted by molar-refractivity contribution is -0.144. The maximum absolute atomic E-state index is 10.9. The number of aryl methyl sites for hydroxylation is 1. The van der Waals surface area contributed by atoms with Gasteiger partial charge < -0.3 is 14.9 Å². The monoisotopic (exact) mass is 222 g/mol. The highest BCUT2D eigenvalue weighted by atomic mass is 16.5. The van der Waals surface area contributed by atoms with Crippen LogP contribution in [0, 0.1) is 0 Å². The van der Waals surface area contributed by atoms with Gasteiger partial charge in [0.2, 0.25) is 0 Å². The van der Waals surface area contributed by atoms with Crippen LogP contribution in [0.3, 0.4) is 0 Å². The fourth-order valence-electron chi connectivity index (χ4n) is 2.39. The average Bonchev–Trinajstić information content (AvgIpc) is 2.57. The number of fused-ring (bicyclic) bond motifs is 1. The van der Waals surface area contributed by atoms with E-state index in [4.69, 9.17) is 9.84 Å². The fraction of sp³-hybridized carbons (Fsp3) is 0.417. The molecule has 16 heavy (non-hydrogen) atoms. The van der Waals surface area contributed by atoms with Crippen LogP contribution in [0.2, 0.25) is 0 Å². The van der Waals surface area contributed by atoms with E-state index in [1.54, 1.807) is 12.1 Å². The molecule has 1 unspecified atom stereocenters. The van der Waals surface area contributed by atoms with Crippen LogP contribution in [-0.2, 0) is 21.6 Å². The number of methoxy groups -OCH3 is 1. The number of carboxylic acids is 1. The number of benzene rings is 1. The standard InChI is InChI=1S/C12H14O4/c1-16-12(7-11(14)15)5-4-8-2-3-9(13)6-10(8)12/h2-3,6,13H,4-5,7H2,1H3,(H,14,15). The first-order valence-electron chi connectivity index (χ1n) is 5.17. The summed E-state index contributed by atoms with van der Waals surface area (Å²) >= 11 is 0. The summed E-state index contributed by atoms with van der Waals surface area (Å²) in [5, 5.41) is 18.4. The van der Waals surface area contributed by atoms with Crippen molar-refractivity contribution in [2.24, 2.45) is 0 Å². The molecule has 2 rings (SSSR count). The Balaban J connectivity index is 2.45. The molecule has 0 aliphatic heterocycles. The van der Waals surface area contributed by atoms with Gasteiger partial charge in [-0.1, -0.05) is 6.07 Å². The SMILES string of the molecule is COC1(CC(=O)O)CCc2ccc(O)cc21. The van der Waals surface area contributed by atoms with Gasteiger partial charge in [-0.05, 0) is 36.1 Å². The smallest absolute Gasteiger partial charge is 0.306 e. The highest BCUT2D eigenvalue weighted by Gasteiger charge is 2.41. The molecule has 1 atom stereocenters. The van der Waals surface area contributed by atoms with Crippen LogP contribution in [0.4, 0.5) is 0 Å². The van der Waals surface area contributed by atoms with Gasteiger partial charge in [0, 0.05) is 7.11 Å². The molecule has 2 N–H and O–H groups in total. The molecule has 1 aromatic rings. The van der Waals surface area contributed by atoms with Crippen molar-refractivity contribution in [2.75, 3.05) is 7.11 Å². The lowest BCUT2D eigenvalue weighted by Crippen LogP contribution is -2.28. The molecule has 0 spiro atoms. The largest absolute Gasteiger partial charge is 0.508 e. The summed E-state index contributed by atoms with van der Waals surface area (Å²) in [6, 6.07) is 5.05. The first-order valence-corrected chi connectivity index (χ1v) is 5.17. The highest BCUT2D eigenvalue weighted by Crippen LogP contribution is 2.43. The Morgan fingerprint density at radius 2 is 2.31 bits per heavy atom. The van der Waals surface area contributed by atoms with Gasteiger partial charge in [0.15, 0.2) is 0 Å². The van der Waals surface area contributed by atoms with Crippen LogP contribution in [0.5, 0.6) is 5.75 Å². The molecule has 1 aliphatic rings. The first kappa shape index (κ1) is 11.0. The summed E-state index contributed by atoms with van der Waals surface area (Å²) < 4.78 is 5.40. The molecule has 0 radical (unpaired) electrons. The van der Waals surface area contributed by atoms with Gasteiger partial charge >= 0.3 is 5.97 Å². The quantitative estimate of drug-likeness (QED) is 0.816. The van der Waals surface area contributed by atoms with Crippen molar-refractivity contribution < 1.29 is 19.7 Å². The zero-order valence-corrected chi connectivity index (χ0v) is 9.06. The summed E-state index contributed by atoms with van der Waals surface area (Å²) in [5.41, 5.74) is 1.08. The third kappa shape index (κ3) is 1.65. The maximum atomic E-state index is 10.9. The number of aromatic hydroxyl groups is 1. The predicted molar refractivity (Wildman–Crippen MR) is 57.4 cm³/mol. The van der Waals surface area contributed by atoms with Gasteiger partial charge in [-0.15, -0.1) is 0 Å². The topological polar surface area (TPSA) is 66.8 Å². The van der Waals surface area contributed by atoms with Crippen molar-refractivity contribution >= 4 is 5.97 Å². The highest BCUT2D eigenvalue weighted by molar-refractivity contribution is 5.69. The van der Waals surface area contributed by atoms with E-state index < -0.39 is 11.6 Å². The second-order valence-electron chi connectivity index (χ2n) is 4.11. The van der Waals surface area contributed by atoms with E-state index in [9.17, 15) is 9.90 Å². The number of hydrogen-bond acceptors (Lipinski definition) is 3. The lowest BCUT2D eigenvalue weighted by atomic mass is 9.92. The average molecular weight is 222 g/mol. The van der Waals surface area contributed by atoms with Crippen LogP contribution in [0.15, 0.2) is 18.2 Å². The Morgan fingerprint density at radius 3 is 2.94 bits per heavy atom. The maximum Gasteiger partial charge on any atom is 0.306 e. The minimum absolute atomic E-state index is 0.0695. The molecule has 0 saturated heterocycles. The Kier molecular flexibility index (Phi) is 2.59. The second kappa shape index (κ2) is 3.79. The van der Waals surface area contributed by atoms with E-state index in [0.29, 0.717) is 6.42 Å². The van der Waals surface area contributed by atoms with Crippen LogP contribution in [0.1, 0.15) is 24.0 Å². The number of phenols is 1. The molecule has 4 nitrogen and oxygen atoms in total. The molecule has 0 heterocycles. The van der Waals surface area contributed by atoms with Crippen molar-refractivity contribution in [3.63, 3.8) is 0 Å². The molecule has 1 aromatic carbocycles. The number of carboxylic acid groups (broad SMARTS) is 1. The first-order chi connectivity index (χ1) is 7.57. The minimum Gasteiger partial charge on any atom is -0.508 e. The number of aliphatic carboxylic acids is 1. The van der Waals surface area contributed by atoms with Gasteiger partial charge in [-0.2, -0.15) is 0 Å². The minimum atomic E-state index is -0.891. The number of carbonyl (C=O) groups is 1.